The van der Waals surface area contributed by atoms with E-state index in [9.17, 15) is 13.2 Å². The summed E-state index contributed by atoms with van der Waals surface area (Å²) in [5, 5.41) is 5.79. The molecule has 8 nitrogen and oxygen atoms in total. The number of sulfonamides is 1. The van der Waals surface area contributed by atoms with E-state index in [-0.39, 0.29) is 13.0 Å². The number of carbonyl (C=O) groups excluding carboxylic acids is 1. The van der Waals surface area contributed by atoms with Gasteiger partial charge in [0, 0.05) is 25.2 Å². The van der Waals surface area contributed by atoms with Gasteiger partial charge in [-0.3, -0.25) is 14.2 Å². The molecule has 3 aromatic carbocycles. The van der Waals surface area contributed by atoms with Gasteiger partial charge in [0.05, 0.1) is 19.4 Å². The van der Waals surface area contributed by atoms with Crippen molar-refractivity contribution in [3.05, 3.63) is 108 Å². The van der Waals surface area contributed by atoms with Crippen molar-refractivity contribution in [2.24, 2.45) is 0 Å². The molecule has 38 heavy (non-hydrogen) atoms. The molecule has 1 aromatic heterocycles. The number of aromatic nitrogens is 2. The summed E-state index contributed by atoms with van der Waals surface area (Å²) in [5.74, 6) is 0.117. The normalized spacial score (nSPS) is 14.9. The van der Waals surface area contributed by atoms with E-state index in [0.29, 0.717) is 25.3 Å². The van der Waals surface area contributed by atoms with Crippen LogP contribution in [-0.4, -0.2) is 42.6 Å². The summed E-state index contributed by atoms with van der Waals surface area (Å²) < 4.78 is 39.9. The van der Waals surface area contributed by atoms with Crippen molar-refractivity contribution in [3.8, 4) is 5.75 Å². The number of hydrogen-bond acceptors (Lipinski definition) is 6. The first kappa shape index (κ1) is 25.5. The molecule has 0 fully saturated rings. The summed E-state index contributed by atoms with van der Waals surface area (Å²) in [6, 6.07) is 22.4. The lowest BCUT2D eigenvalue weighted by Crippen LogP contribution is -2.38. The quantitative estimate of drug-likeness (QED) is 0.314. The Labute approximate surface area is 221 Å². The van der Waals surface area contributed by atoms with Crippen molar-refractivity contribution >= 4 is 26.7 Å². The molecule has 0 spiro atoms. The fourth-order valence-corrected chi connectivity index (χ4v) is 5.47. The third kappa shape index (κ3) is 6.41. The smallest absolute Gasteiger partial charge is 0.244 e. The Balaban J connectivity index is 1.26. The molecule has 1 aliphatic heterocycles. The van der Waals surface area contributed by atoms with Crippen LogP contribution in [0.25, 0.3) is 10.8 Å². The van der Waals surface area contributed by atoms with E-state index in [1.807, 2.05) is 47.3 Å². The minimum atomic E-state index is -3.82. The highest BCUT2D eigenvalue weighted by molar-refractivity contribution is 7.90. The van der Waals surface area contributed by atoms with Crippen LogP contribution < -0.4 is 9.46 Å². The molecule has 0 saturated carbocycles. The van der Waals surface area contributed by atoms with E-state index < -0.39 is 21.2 Å². The van der Waals surface area contributed by atoms with Crippen molar-refractivity contribution in [1.82, 2.24) is 14.5 Å². The molecule has 0 bridgehead atoms. The van der Waals surface area contributed by atoms with E-state index in [4.69, 9.17) is 9.47 Å². The highest BCUT2D eigenvalue weighted by atomic mass is 32.2. The van der Waals surface area contributed by atoms with Crippen molar-refractivity contribution in [3.63, 3.8) is 0 Å². The maximum Gasteiger partial charge on any atom is 0.244 e. The molecular weight excluding hydrogens is 502 g/mol. The van der Waals surface area contributed by atoms with Crippen LogP contribution in [0.3, 0.4) is 0 Å². The number of fused-ring (bicyclic) bond motifs is 1. The van der Waals surface area contributed by atoms with E-state index in [0.717, 1.165) is 17.5 Å². The number of amides is 1. The van der Waals surface area contributed by atoms with Gasteiger partial charge in [0.1, 0.15) is 17.6 Å². The second-order valence-electron chi connectivity index (χ2n) is 9.20. The SMILES string of the molecule is O=C(CCc1ccc(Cn2cccn2)cc1OCCc1ccc2ccccc2c1)NS(=O)(=O)C1C=COC1. The molecule has 1 amide bonds. The number of nitrogens with one attached hydrogen (secondary N) is 1. The number of nitrogens with zero attached hydrogens (tertiary/aromatic N) is 2. The number of rotatable bonds is 11. The van der Waals surface area contributed by atoms with Gasteiger partial charge >= 0.3 is 0 Å². The van der Waals surface area contributed by atoms with Gasteiger partial charge in [-0.25, -0.2) is 8.42 Å². The molecule has 2 heterocycles. The third-order valence-electron chi connectivity index (χ3n) is 6.42. The van der Waals surface area contributed by atoms with Gasteiger partial charge in [0.15, 0.2) is 0 Å². The number of hydrogen-bond donors (Lipinski definition) is 1. The predicted molar refractivity (Wildman–Crippen MR) is 145 cm³/mol. The molecule has 196 valence electrons. The van der Waals surface area contributed by atoms with Crippen molar-refractivity contribution in [1.29, 1.82) is 0 Å². The molecule has 1 atom stereocenters. The Morgan fingerprint density at radius 3 is 2.66 bits per heavy atom. The first-order valence-electron chi connectivity index (χ1n) is 12.5. The fourth-order valence-electron chi connectivity index (χ4n) is 4.37. The van der Waals surface area contributed by atoms with Gasteiger partial charge in [-0.2, -0.15) is 5.10 Å². The van der Waals surface area contributed by atoms with Crippen LogP contribution in [0.1, 0.15) is 23.1 Å². The predicted octanol–water partition coefficient (Wildman–Crippen LogP) is 4.00. The molecule has 1 N–H and O–H groups in total. The Kier molecular flexibility index (Phi) is 7.74. The lowest BCUT2D eigenvalue weighted by molar-refractivity contribution is -0.119. The molecule has 1 unspecified atom stereocenters. The van der Waals surface area contributed by atoms with Crippen LogP contribution in [0.2, 0.25) is 0 Å². The van der Waals surface area contributed by atoms with Crippen LogP contribution in [0, 0.1) is 0 Å². The lowest BCUT2D eigenvalue weighted by Gasteiger charge is -2.15. The molecule has 0 radical (unpaired) electrons. The zero-order chi connectivity index (χ0) is 26.4. The van der Waals surface area contributed by atoms with Crippen molar-refractivity contribution in [2.45, 2.75) is 31.1 Å². The zero-order valence-corrected chi connectivity index (χ0v) is 21.6. The van der Waals surface area contributed by atoms with Crippen LogP contribution in [0.4, 0.5) is 0 Å². The summed E-state index contributed by atoms with van der Waals surface area (Å²) >= 11 is 0. The van der Waals surface area contributed by atoms with E-state index in [1.165, 1.54) is 28.7 Å². The van der Waals surface area contributed by atoms with E-state index in [1.54, 1.807) is 6.20 Å². The van der Waals surface area contributed by atoms with Gasteiger partial charge in [0.25, 0.3) is 0 Å². The number of aryl methyl sites for hydroxylation is 1. The second-order valence-corrected chi connectivity index (χ2v) is 11.1. The first-order chi connectivity index (χ1) is 18.5. The molecular formula is C29H29N3O5S. The summed E-state index contributed by atoms with van der Waals surface area (Å²) in [6.45, 7) is 1.06. The van der Waals surface area contributed by atoms with Crippen LogP contribution in [-0.2, 0) is 38.9 Å². The average molecular weight is 532 g/mol. The molecule has 0 saturated heterocycles. The highest BCUT2D eigenvalue weighted by Crippen LogP contribution is 2.24. The standard InChI is InChI=1S/C29H29N3O5S/c33-29(31-38(34,35)27-13-16-36-21-27)11-10-25-9-7-23(20-32-15-3-14-30-32)19-28(25)37-17-12-22-6-8-24-4-1-2-5-26(24)18-22/h1-9,13-16,18-19,27H,10-12,17,20-21H2,(H,31,33). The van der Waals surface area contributed by atoms with E-state index >= 15 is 0 Å². The zero-order valence-electron chi connectivity index (χ0n) is 20.8. The molecule has 5 rings (SSSR count). The minimum Gasteiger partial charge on any atom is -0.500 e. The van der Waals surface area contributed by atoms with Gasteiger partial charge in [0.2, 0.25) is 15.9 Å². The van der Waals surface area contributed by atoms with Crippen molar-refractivity contribution in [2.75, 3.05) is 13.2 Å². The van der Waals surface area contributed by atoms with Crippen LogP contribution in [0.15, 0.2) is 91.5 Å². The first-order valence-corrected chi connectivity index (χ1v) is 14.0. The number of ether oxygens (including phenoxy) is 2. The van der Waals surface area contributed by atoms with Crippen LogP contribution in [0.5, 0.6) is 5.75 Å². The molecule has 4 aromatic rings. The highest BCUT2D eigenvalue weighted by Gasteiger charge is 2.28. The fraction of sp³-hybridized carbons (Fsp3) is 0.241. The number of carbonyl (C=O) groups is 1. The molecule has 0 aliphatic carbocycles. The Hall–Kier alpha value is -4.11. The Morgan fingerprint density at radius 1 is 1.03 bits per heavy atom. The van der Waals surface area contributed by atoms with Crippen molar-refractivity contribution < 1.29 is 22.7 Å². The second kappa shape index (κ2) is 11.5. The molecule has 9 heteroatoms. The average Bonchev–Trinajstić information content (AvgIpc) is 3.63. The van der Waals surface area contributed by atoms with Gasteiger partial charge in [-0.1, -0.05) is 54.6 Å². The van der Waals surface area contributed by atoms with Gasteiger partial charge < -0.3 is 9.47 Å². The summed E-state index contributed by atoms with van der Waals surface area (Å²) in [7, 11) is -3.82. The number of benzene rings is 3. The summed E-state index contributed by atoms with van der Waals surface area (Å²) in [6.07, 6.45) is 7.46. The maximum atomic E-state index is 12.5. The maximum absolute atomic E-state index is 12.5. The third-order valence-corrected chi connectivity index (χ3v) is 8.03. The van der Waals surface area contributed by atoms with Crippen LogP contribution >= 0.6 is 0 Å². The van der Waals surface area contributed by atoms with Gasteiger partial charge in [-0.05, 0) is 52.1 Å². The molecule has 1 aliphatic rings. The Bertz CT molecular complexity index is 1550. The topological polar surface area (TPSA) is 99.5 Å². The Morgan fingerprint density at radius 2 is 1.87 bits per heavy atom. The monoisotopic (exact) mass is 531 g/mol. The summed E-state index contributed by atoms with van der Waals surface area (Å²) in [5.41, 5.74) is 3.02. The minimum absolute atomic E-state index is 0.00945. The largest absolute Gasteiger partial charge is 0.500 e. The lowest BCUT2D eigenvalue weighted by atomic mass is 10.0. The van der Waals surface area contributed by atoms with Gasteiger partial charge in [-0.15, -0.1) is 0 Å². The summed E-state index contributed by atoms with van der Waals surface area (Å²) in [4.78, 5) is 12.5. The van der Waals surface area contributed by atoms with E-state index in [2.05, 4.69) is 40.2 Å².